The molecule has 0 bridgehead atoms. The lowest BCUT2D eigenvalue weighted by Gasteiger charge is -2.26. The van der Waals surface area contributed by atoms with E-state index in [9.17, 15) is 19.2 Å². The number of anilines is 1. The van der Waals surface area contributed by atoms with Crippen LogP contribution in [0.25, 0.3) is 0 Å². The maximum atomic E-state index is 12.6. The standard InChI is InChI=1S/C22H27N3O6/c1-4-14-6-8-16(9-7-14)25-11-15(10-18(25)26)20(27)31-12-17-19(21(28)30-5-2)13(3)23-22(29)24-17/h6-9,13,15H,4-5,10-12H2,1-3H3,(H2,23,24,29). The topological polar surface area (TPSA) is 114 Å². The number of nitrogens with one attached hydrogen (secondary N) is 2. The molecule has 0 aliphatic carbocycles. The molecule has 0 spiro atoms. The summed E-state index contributed by atoms with van der Waals surface area (Å²) in [7, 11) is 0. The van der Waals surface area contributed by atoms with E-state index in [1.807, 2.05) is 24.3 Å². The molecule has 1 saturated heterocycles. The first-order valence-electron chi connectivity index (χ1n) is 10.4. The summed E-state index contributed by atoms with van der Waals surface area (Å²) >= 11 is 0. The van der Waals surface area contributed by atoms with E-state index in [0.29, 0.717) is 0 Å². The van der Waals surface area contributed by atoms with Crippen LogP contribution in [-0.4, -0.2) is 49.7 Å². The van der Waals surface area contributed by atoms with Crippen LogP contribution in [0.1, 0.15) is 32.8 Å². The Hall–Kier alpha value is -3.36. The summed E-state index contributed by atoms with van der Waals surface area (Å²) in [5.41, 5.74) is 2.29. The number of carbonyl (C=O) groups is 4. The Bertz CT molecular complexity index is 908. The van der Waals surface area contributed by atoms with Gasteiger partial charge in [-0.2, -0.15) is 0 Å². The summed E-state index contributed by atoms with van der Waals surface area (Å²) in [4.78, 5) is 50.7. The molecule has 2 heterocycles. The maximum absolute atomic E-state index is 12.6. The molecule has 3 rings (SSSR count). The van der Waals surface area contributed by atoms with Crippen molar-refractivity contribution in [3.63, 3.8) is 0 Å². The van der Waals surface area contributed by atoms with Gasteiger partial charge in [0.2, 0.25) is 5.91 Å². The highest BCUT2D eigenvalue weighted by Crippen LogP contribution is 2.26. The second-order valence-corrected chi connectivity index (χ2v) is 7.47. The van der Waals surface area contributed by atoms with E-state index in [0.717, 1.165) is 17.7 Å². The average Bonchev–Trinajstić information content (AvgIpc) is 3.13. The highest BCUT2D eigenvalue weighted by atomic mass is 16.5. The highest BCUT2D eigenvalue weighted by molar-refractivity contribution is 5.99. The molecule has 31 heavy (non-hydrogen) atoms. The number of benzene rings is 1. The van der Waals surface area contributed by atoms with Gasteiger partial charge < -0.3 is 25.0 Å². The van der Waals surface area contributed by atoms with Gasteiger partial charge >= 0.3 is 18.0 Å². The molecule has 2 aliphatic heterocycles. The predicted molar refractivity (Wildman–Crippen MR) is 112 cm³/mol. The summed E-state index contributed by atoms with van der Waals surface area (Å²) < 4.78 is 10.4. The molecule has 166 valence electrons. The van der Waals surface area contributed by atoms with Gasteiger partial charge in [-0.3, -0.25) is 9.59 Å². The molecule has 0 saturated carbocycles. The number of carbonyl (C=O) groups excluding carboxylic acids is 4. The van der Waals surface area contributed by atoms with Crippen molar-refractivity contribution in [2.45, 2.75) is 39.7 Å². The molecule has 0 radical (unpaired) electrons. The van der Waals surface area contributed by atoms with Gasteiger partial charge in [0.25, 0.3) is 0 Å². The minimum atomic E-state index is -0.625. The van der Waals surface area contributed by atoms with Gasteiger partial charge in [-0.25, -0.2) is 9.59 Å². The van der Waals surface area contributed by atoms with Crippen LogP contribution in [0.5, 0.6) is 0 Å². The van der Waals surface area contributed by atoms with Gasteiger partial charge in [0.15, 0.2) is 0 Å². The van der Waals surface area contributed by atoms with Crippen LogP contribution in [-0.2, 0) is 30.3 Å². The van der Waals surface area contributed by atoms with Crippen molar-refractivity contribution in [2.75, 3.05) is 24.7 Å². The fourth-order valence-electron chi connectivity index (χ4n) is 3.68. The largest absolute Gasteiger partial charge is 0.463 e. The fourth-order valence-corrected chi connectivity index (χ4v) is 3.68. The van der Waals surface area contributed by atoms with Gasteiger partial charge in [0, 0.05) is 18.7 Å². The highest BCUT2D eigenvalue weighted by Gasteiger charge is 2.37. The summed E-state index contributed by atoms with van der Waals surface area (Å²) in [5, 5.41) is 5.09. The van der Waals surface area contributed by atoms with E-state index in [1.165, 1.54) is 0 Å². The summed E-state index contributed by atoms with van der Waals surface area (Å²) in [5.74, 6) is -1.93. The summed E-state index contributed by atoms with van der Waals surface area (Å²) in [6.45, 7) is 5.48. The number of amides is 3. The Kier molecular flexibility index (Phi) is 6.94. The molecule has 2 unspecified atom stereocenters. The molecule has 9 nitrogen and oxygen atoms in total. The van der Waals surface area contributed by atoms with Gasteiger partial charge in [0.05, 0.1) is 29.8 Å². The molecule has 2 aliphatic rings. The van der Waals surface area contributed by atoms with Crippen LogP contribution in [0, 0.1) is 5.92 Å². The van der Waals surface area contributed by atoms with Crippen LogP contribution in [0.4, 0.5) is 10.5 Å². The SMILES string of the molecule is CCOC(=O)C1=C(COC(=O)C2CC(=O)N(c3ccc(CC)cc3)C2)NC(=O)NC1C. The van der Waals surface area contributed by atoms with E-state index < -0.39 is 29.9 Å². The lowest BCUT2D eigenvalue weighted by molar-refractivity contribution is -0.147. The van der Waals surface area contributed by atoms with Gasteiger partial charge in [-0.1, -0.05) is 19.1 Å². The molecule has 2 N–H and O–H groups in total. The quantitative estimate of drug-likeness (QED) is 0.638. The molecule has 3 amide bonds. The molecule has 1 fully saturated rings. The monoisotopic (exact) mass is 429 g/mol. The molecule has 9 heteroatoms. The Labute approximate surface area is 180 Å². The zero-order valence-corrected chi connectivity index (χ0v) is 17.9. The number of rotatable bonds is 7. The fraction of sp³-hybridized carbons (Fsp3) is 0.455. The lowest BCUT2D eigenvalue weighted by atomic mass is 10.0. The van der Waals surface area contributed by atoms with Crippen molar-refractivity contribution in [3.05, 3.63) is 41.1 Å². The van der Waals surface area contributed by atoms with E-state index in [2.05, 4.69) is 17.6 Å². The van der Waals surface area contributed by atoms with E-state index in [4.69, 9.17) is 9.47 Å². The molecular weight excluding hydrogens is 402 g/mol. The second kappa shape index (κ2) is 9.63. The number of ether oxygens (including phenoxy) is 2. The Morgan fingerprint density at radius 1 is 1.13 bits per heavy atom. The zero-order valence-electron chi connectivity index (χ0n) is 17.9. The normalized spacial score (nSPS) is 20.9. The van der Waals surface area contributed by atoms with Crippen LogP contribution < -0.4 is 15.5 Å². The zero-order chi connectivity index (χ0) is 22.5. The third kappa shape index (κ3) is 5.04. The second-order valence-electron chi connectivity index (χ2n) is 7.47. The van der Waals surface area contributed by atoms with Crippen molar-refractivity contribution in [2.24, 2.45) is 5.92 Å². The van der Waals surface area contributed by atoms with Crippen molar-refractivity contribution in [1.82, 2.24) is 10.6 Å². The van der Waals surface area contributed by atoms with Gasteiger partial charge in [-0.05, 0) is 38.0 Å². The van der Waals surface area contributed by atoms with Gasteiger partial charge in [-0.15, -0.1) is 0 Å². The van der Waals surface area contributed by atoms with E-state index in [-0.39, 0.29) is 43.4 Å². The Morgan fingerprint density at radius 2 is 1.84 bits per heavy atom. The lowest BCUT2D eigenvalue weighted by Crippen LogP contribution is -2.50. The van der Waals surface area contributed by atoms with Crippen molar-refractivity contribution in [1.29, 1.82) is 0 Å². The van der Waals surface area contributed by atoms with Crippen LogP contribution in [0.3, 0.4) is 0 Å². The first-order chi connectivity index (χ1) is 14.8. The molecule has 1 aromatic rings. The average molecular weight is 429 g/mol. The maximum Gasteiger partial charge on any atom is 0.338 e. The van der Waals surface area contributed by atoms with Crippen molar-refractivity contribution in [3.8, 4) is 0 Å². The Balaban J connectivity index is 1.66. The van der Waals surface area contributed by atoms with E-state index in [1.54, 1.807) is 18.7 Å². The third-order valence-electron chi connectivity index (χ3n) is 5.34. The predicted octanol–water partition coefficient (Wildman–Crippen LogP) is 1.66. The number of hydrogen-bond donors (Lipinski definition) is 2. The van der Waals surface area contributed by atoms with Gasteiger partial charge in [0.1, 0.15) is 6.61 Å². The molecule has 2 atom stereocenters. The first-order valence-corrected chi connectivity index (χ1v) is 10.4. The summed E-state index contributed by atoms with van der Waals surface area (Å²) in [6, 6.07) is 6.57. The Morgan fingerprint density at radius 3 is 2.48 bits per heavy atom. The van der Waals surface area contributed by atoms with Crippen LogP contribution >= 0.6 is 0 Å². The first kappa shape index (κ1) is 22.3. The number of esters is 2. The van der Waals surface area contributed by atoms with Crippen molar-refractivity contribution >= 4 is 29.6 Å². The number of urea groups is 1. The van der Waals surface area contributed by atoms with Crippen LogP contribution in [0.2, 0.25) is 0 Å². The minimum absolute atomic E-state index is 0.0441. The molecular formula is C22H27N3O6. The number of hydrogen-bond acceptors (Lipinski definition) is 6. The summed E-state index contributed by atoms with van der Waals surface area (Å²) in [6.07, 6.45) is 0.944. The number of nitrogens with zero attached hydrogens (tertiary/aromatic N) is 1. The third-order valence-corrected chi connectivity index (χ3v) is 5.34. The molecule has 1 aromatic carbocycles. The number of aryl methyl sites for hydroxylation is 1. The molecule has 0 aromatic heterocycles. The smallest absolute Gasteiger partial charge is 0.338 e. The van der Waals surface area contributed by atoms with Crippen molar-refractivity contribution < 1.29 is 28.7 Å². The van der Waals surface area contributed by atoms with E-state index >= 15 is 0 Å². The van der Waals surface area contributed by atoms with Crippen LogP contribution in [0.15, 0.2) is 35.5 Å². The minimum Gasteiger partial charge on any atom is -0.463 e.